The van der Waals surface area contributed by atoms with Crippen molar-refractivity contribution in [3.05, 3.63) is 32.9 Å². The van der Waals surface area contributed by atoms with Crippen LogP contribution < -0.4 is 5.73 Å². The van der Waals surface area contributed by atoms with Gasteiger partial charge in [0.2, 0.25) is 0 Å². The summed E-state index contributed by atoms with van der Waals surface area (Å²) in [6.45, 7) is 3.94. The molecule has 0 aliphatic carbocycles. The van der Waals surface area contributed by atoms with Crippen LogP contribution in [0.1, 0.15) is 30.5 Å². The van der Waals surface area contributed by atoms with Crippen LogP contribution in [-0.2, 0) is 0 Å². The molecule has 0 aliphatic heterocycles. The van der Waals surface area contributed by atoms with E-state index < -0.39 is 0 Å². The Morgan fingerprint density at radius 1 is 1.50 bits per heavy atom. The van der Waals surface area contributed by atoms with Gasteiger partial charge in [-0.25, -0.2) is 0 Å². The molecule has 0 radical (unpaired) electrons. The van der Waals surface area contributed by atoms with Crippen molar-refractivity contribution >= 4 is 22.6 Å². The number of aryl methyl sites for hydroxylation is 1. The molecule has 1 atom stereocenters. The normalized spacial score (nSPS) is 11.7. The van der Waals surface area contributed by atoms with Crippen molar-refractivity contribution < 1.29 is 0 Å². The van der Waals surface area contributed by atoms with Gasteiger partial charge in [0, 0.05) is 16.0 Å². The molecule has 1 nitrogen and oxygen atoms in total. The molecular formula is C12H14IN. The molecule has 0 bridgehead atoms. The van der Waals surface area contributed by atoms with Crippen LogP contribution in [0.2, 0.25) is 0 Å². The Labute approximate surface area is 99.2 Å². The van der Waals surface area contributed by atoms with E-state index in [0.717, 1.165) is 6.42 Å². The third kappa shape index (κ3) is 2.73. The Morgan fingerprint density at radius 2 is 2.21 bits per heavy atom. The third-order valence-corrected chi connectivity index (χ3v) is 3.59. The highest BCUT2D eigenvalue weighted by molar-refractivity contribution is 14.1. The second-order valence-corrected chi connectivity index (χ2v) is 4.29. The third-order valence-electron chi connectivity index (χ3n) is 2.12. The highest BCUT2D eigenvalue weighted by Gasteiger charge is 2.09. The van der Waals surface area contributed by atoms with Gasteiger partial charge in [-0.05, 0) is 47.6 Å². The van der Waals surface area contributed by atoms with E-state index in [1.807, 2.05) is 13.0 Å². The maximum absolute atomic E-state index is 6.04. The number of benzene rings is 1. The Morgan fingerprint density at radius 3 is 2.86 bits per heavy atom. The topological polar surface area (TPSA) is 26.0 Å². The maximum atomic E-state index is 6.04. The van der Waals surface area contributed by atoms with Crippen molar-refractivity contribution in [2.45, 2.75) is 26.3 Å². The van der Waals surface area contributed by atoms with Crippen molar-refractivity contribution in [3.63, 3.8) is 0 Å². The molecular weight excluding hydrogens is 285 g/mol. The number of hydrogen-bond acceptors (Lipinski definition) is 1. The second kappa shape index (κ2) is 5.38. The van der Waals surface area contributed by atoms with Gasteiger partial charge in [-0.2, -0.15) is 0 Å². The molecule has 1 unspecified atom stereocenters. The van der Waals surface area contributed by atoms with E-state index in [2.05, 4.69) is 53.5 Å². The van der Waals surface area contributed by atoms with Crippen LogP contribution in [0.5, 0.6) is 0 Å². The van der Waals surface area contributed by atoms with Gasteiger partial charge in [-0.1, -0.05) is 18.2 Å². The highest BCUT2D eigenvalue weighted by atomic mass is 127. The van der Waals surface area contributed by atoms with Crippen molar-refractivity contribution in [3.8, 4) is 11.8 Å². The van der Waals surface area contributed by atoms with Crippen molar-refractivity contribution in [1.29, 1.82) is 0 Å². The van der Waals surface area contributed by atoms with Gasteiger partial charge in [-0.3, -0.25) is 0 Å². The fourth-order valence-electron chi connectivity index (χ4n) is 1.28. The molecule has 0 saturated carbocycles. The molecule has 1 aromatic rings. The quantitative estimate of drug-likeness (QED) is 0.659. The van der Waals surface area contributed by atoms with Crippen LogP contribution >= 0.6 is 22.6 Å². The van der Waals surface area contributed by atoms with E-state index in [4.69, 9.17) is 5.73 Å². The predicted molar refractivity (Wildman–Crippen MR) is 68.9 cm³/mol. The van der Waals surface area contributed by atoms with Crippen molar-refractivity contribution in [2.75, 3.05) is 0 Å². The van der Waals surface area contributed by atoms with Crippen molar-refractivity contribution in [2.24, 2.45) is 5.73 Å². The summed E-state index contributed by atoms with van der Waals surface area (Å²) in [4.78, 5) is 0. The first-order valence-corrected chi connectivity index (χ1v) is 5.65. The van der Waals surface area contributed by atoms with Gasteiger partial charge in [0.25, 0.3) is 0 Å². The second-order valence-electron chi connectivity index (χ2n) is 3.22. The monoisotopic (exact) mass is 299 g/mol. The lowest BCUT2D eigenvalue weighted by Gasteiger charge is -2.12. The molecule has 14 heavy (non-hydrogen) atoms. The summed E-state index contributed by atoms with van der Waals surface area (Å²) in [7, 11) is 0. The molecule has 74 valence electrons. The molecule has 2 heteroatoms. The van der Waals surface area contributed by atoms with Crippen LogP contribution in [0.4, 0.5) is 0 Å². The molecule has 2 N–H and O–H groups in total. The standard InChI is InChI=1S/C12H14IN/c1-3-4-8-11(14)10-7-5-6-9(2)12(10)13/h5-7,11H,8,14H2,1-2H3. The number of rotatable bonds is 2. The van der Waals surface area contributed by atoms with Crippen LogP contribution in [0.3, 0.4) is 0 Å². The molecule has 0 aromatic heterocycles. The molecule has 1 rings (SSSR count). The van der Waals surface area contributed by atoms with E-state index in [9.17, 15) is 0 Å². The maximum Gasteiger partial charge on any atom is 0.0416 e. The van der Waals surface area contributed by atoms with Gasteiger partial charge in [-0.15, -0.1) is 11.8 Å². The minimum Gasteiger partial charge on any atom is -0.323 e. The van der Waals surface area contributed by atoms with Crippen LogP contribution in [-0.4, -0.2) is 0 Å². The summed E-state index contributed by atoms with van der Waals surface area (Å²) in [5, 5.41) is 0. The number of nitrogens with two attached hydrogens (primary N) is 1. The first-order chi connectivity index (χ1) is 6.66. The molecule has 0 heterocycles. The summed E-state index contributed by atoms with van der Waals surface area (Å²) in [6.07, 6.45) is 0.732. The predicted octanol–water partition coefficient (Wildman–Crippen LogP) is 3.01. The first-order valence-electron chi connectivity index (χ1n) is 4.57. The molecule has 0 aliphatic rings. The molecule has 1 aromatic carbocycles. The lowest BCUT2D eigenvalue weighted by atomic mass is 10.0. The minimum atomic E-state index is 0.0363. The Kier molecular flexibility index (Phi) is 4.43. The Hall–Kier alpha value is -0.530. The average Bonchev–Trinajstić information content (AvgIpc) is 2.18. The molecule has 0 spiro atoms. The van der Waals surface area contributed by atoms with Gasteiger partial charge in [0.15, 0.2) is 0 Å². The average molecular weight is 299 g/mol. The van der Waals surface area contributed by atoms with E-state index in [0.29, 0.717) is 0 Å². The zero-order chi connectivity index (χ0) is 10.6. The molecule has 0 fully saturated rings. The van der Waals surface area contributed by atoms with E-state index in [1.165, 1.54) is 14.7 Å². The van der Waals surface area contributed by atoms with Gasteiger partial charge < -0.3 is 5.73 Å². The van der Waals surface area contributed by atoms with Crippen LogP contribution in [0.25, 0.3) is 0 Å². The Bertz CT molecular complexity index is 374. The van der Waals surface area contributed by atoms with Gasteiger partial charge in [0.1, 0.15) is 0 Å². The number of halogens is 1. The van der Waals surface area contributed by atoms with Gasteiger partial charge >= 0.3 is 0 Å². The minimum absolute atomic E-state index is 0.0363. The van der Waals surface area contributed by atoms with E-state index in [-0.39, 0.29) is 6.04 Å². The molecule has 0 saturated heterocycles. The largest absolute Gasteiger partial charge is 0.323 e. The SMILES string of the molecule is CC#CCC(N)c1cccc(C)c1I. The van der Waals surface area contributed by atoms with E-state index in [1.54, 1.807) is 0 Å². The van der Waals surface area contributed by atoms with Gasteiger partial charge in [0.05, 0.1) is 0 Å². The number of hydrogen-bond donors (Lipinski definition) is 1. The van der Waals surface area contributed by atoms with Crippen LogP contribution in [0, 0.1) is 22.3 Å². The van der Waals surface area contributed by atoms with E-state index >= 15 is 0 Å². The zero-order valence-corrected chi connectivity index (χ0v) is 10.6. The van der Waals surface area contributed by atoms with Crippen LogP contribution in [0.15, 0.2) is 18.2 Å². The fourth-order valence-corrected chi connectivity index (χ4v) is 2.04. The summed E-state index contributed by atoms with van der Waals surface area (Å²) in [5.41, 5.74) is 8.53. The molecule has 0 amide bonds. The Balaban J connectivity index is 2.93. The lowest BCUT2D eigenvalue weighted by molar-refractivity contribution is 0.748. The summed E-state index contributed by atoms with van der Waals surface area (Å²) >= 11 is 2.34. The summed E-state index contributed by atoms with van der Waals surface area (Å²) in [6, 6.07) is 6.26. The first kappa shape index (κ1) is 11.5. The lowest BCUT2D eigenvalue weighted by Crippen LogP contribution is -2.11. The zero-order valence-electron chi connectivity index (χ0n) is 8.47. The van der Waals surface area contributed by atoms with Crippen molar-refractivity contribution in [1.82, 2.24) is 0 Å². The summed E-state index contributed by atoms with van der Waals surface area (Å²) in [5.74, 6) is 5.88. The fraction of sp³-hybridized carbons (Fsp3) is 0.333. The smallest absolute Gasteiger partial charge is 0.0416 e. The highest BCUT2D eigenvalue weighted by Crippen LogP contribution is 2.23. The summed E-state index contributed by atoms with van der Waals surface area (Å²) < 4.78 is 1.26.